The minimum Gasteiger partial charge on any atom is -0.347 e. The van der Waals surface area contributed by atoms with Gasteiger partial charge in [0.15, 0.2) is 0 Å². The molecule has 6 heteroatoms. The second-order valence-electron chi connectivity index (χ2n) is 3.19. The fourth-order valence-corrected chi connectivity index (χ4v) is 1.04. The first-order chi connectivity index (χ1) is 7.65. The van der Waals surface area contributed by atoms with Crippen LogP contribution in [0.5, 0.6) is 0 Å². The Balaban J connectivity index is 2.58. The van der Waals surface area contributed by atoms with Crippen LogP contribution in [0.2, 0.25) is 0 Å². The molecule has 0 aliphatic heterocycles. The lowest BCUT2D eigenvalue weighted by Gasteiger charge is -2.07. The molecule has 2 amide bonds. The zero-order chi connectivity index (χ0) is 12.0. The summed E-state index contributed by atoms with van der Waals surface area (Å²) < 4.78 is 0. The van der Waals surface area contributed by atoms with Crippen LogP contribution in [-0.2, 0) is 9.59 Å². The minimum atomic E-state index is -0.718. The van der Waals surface area contributed by atoms with E-state index in [1.54, 1.807) is 12.3 Å². The van der Waals surface area contributed by atoms with Crippen LogP contribution in [0.15, 0.2) is 18.5 Å². The van der Waals surface area contributed by atoms with Gasteiger partial charge in [0, 0.05) is 19.3 Å². The first-order valence-corrected chi connectivity index (χ1v) is 4.85. The Hall–Kier alpha value is -1.95. The van der Waals surface area contributed by atoms with Crippen LogP contribution in [0, 0.1) is 6.92 Å². The number of rotatable bonds is 3. The first-order valence-electron chi connectivity index (χ1n) is 4.85. The van der Waals surface area contributed by atoms with Crippen molar-refractivity contribution in [3.63, 3.8) is 0 Å². The number of hydrogen-bond acceptors (Lipinski definition) is 4. The summed E-state index contributed by atoms with van der Waals surface area (Å²) in [4.78, 5) is 26.5. The van der Waals surface area contributed by atoms with Crippen LogP contribution >= 0.6 is 0 Å². The van der Waals surface area contributed by atoms with E-state index in [1.807, 2.05) is 6.92 Å². The first kappa shape index (κ1) is 12.1. The van der Waals surface area contributed by atoms with Crippen molar-refractivity contribution in [1.29, 1.82) is 0 Å². The van der Waals surface area contributed by atoms with E-state index in [0.717, 1.165) is 5.56 Å². The van der Waals surface area contributed by atoms with Gasteiger partial charge in [-0.3, -0.25) is 14.6 Å². The highest BCUT2D eigenvalue weighted by Crippen LogP contribution is 2.10. The molecule has 16 heavy (non-hydrogen) atoms. The van der Waals surface area contributed by atoms with Crippen LogP contribution < -0.4 is 16.4 Å². The average molecular weight is 222 g/mol. The van der Waals surface area contributed by atoms with Crippen molar-refractivity contribution < 1.29 is 9.59 Å². The molecule has 0 aromatic carbocycles. The van der Waals surface area contributed by atoms with Gasteiger partial charge in [0.25, 0.3) is 0 Å². The highest BCUT2D eigenvalue weighted by Gasteiger charge is 2.13. The van der Waals surface area contributed by atoms with Gasteiger partial charge in [-0.1, -0.05) is 0 Å². The van der Waals surface area contributed by atoms with Crippen LogP contribution in [0.1, 0.15) is 5.56 Å². The summed E-state index contributed by atoms with van der Waals surface area (Å²) >= 11 is 0. The average Bonchev–Trinajstić information content (AvgIpc) is 2.28. The topological polar surface area (TPSA) is 97.1 Å². The number of aromatic nitrogens is 1. The number of nitrogens with zero attached hydrogens (tertiary/aromatic N) is 1. The van der Waals surface area contributed by atoms with Gasteiger partial charge in [-0.05, 0) is 18.6 Å². The molecule has 6 nitrogen and oxygen atoms in total. The van der Waals surface area contributed by atoms with Crippen molar-refractivity contribution in [2.45, 2.75) is 6.92 Å². The number of carbonyl (C=O) groups is 2. The molecule has 1 aromatic rings. The van der Waals surface area contributed by atoms with Gasteiger partial charge in [-0.2, -0.15) is 0 Å². The lowest BCUT2D eigenvalue weighted by Crippen LogP contribution is -2.38. The van der Waals surface area contributed by atoms with E-state index in [-0.39, 0.29) is 6.54 Å². The highest BCUT2D eigenvalue weighted by atomic mass is 16.2. The van der Waals surface area contributed by atoms with Crippen molar-refractivity contribution >= 4 is 17.5 Å². The Bertz CT molecular complexity index is 392. The van der Waals surface area contributed by atoms with E-state index < -0.39 is 11.8 Å². The van der Waals surface area contributed by atoms with Crippen molar-refractivity contribution in [2.75, 3.05) is 18.4 Å². The molecule has 0 atom stereocenters. The Kier molecular flexibility index (Phi) is 4.41. The van der Waals surface area contributed by atoms with E-state index in [2.05, 4.69) is 15.6 Å². The molecule has 0 bridgehead atoms. The van der Waals surface area contributed by atoms with E-state index in [4.69, 9.17) is 5.73 Å². The summed E-state index contributed by atoms with van der Waals surface area (Å²) in [6.45, 7) is 2.39. The van der Waals surface area contributed by atoms with Gasteiger partial charge < -0.3 is 16.4 Å². The summed E-state index contributed by atoms with van der Waals surface area (Å²) in [6.07, 6.45) is 3.10. The van der Waals surface area contributed by atoms with Gasteiger partial charge in [-0.15, -0.1) is 0 Å². The zero-order valence-electron chi connectivity index (χ0n) is 8.99. The number of nitrogens with two attached hydrogens (primary N) is 1. The number of carbonyl (C=O) groups excluding carboxylic acids is 2. The fourth-order valence-electron chi connectivity index (χ4n) is 1.04. The molecule has 0 spiro atoms. The SMILES string of the molecule is Cc1ccncc1NC(=O)C(=O)NCCN. The smallest absolute Gasteiger partial charge is 0.313 e. The molecule has 0 unspecified atom stereocenters. The maximum Gasteiger partial charge on any atom is 0.313 e. The summed E-state index contributed by atoms with van der Waals surface area (Å²) in [7, 11) is 0. The van der Waals surface area contributed by atoms with E-state index >= 15 is 0 Å². The molecule has 0 aliphatic carbocycles. The second-order valence-corrected chi connectivity index (χ2v) is 3.19. The third-order valence-electron chi connectivity index (χ3n) is 1.92. The molecular formula is C10H14N4O2. The van der Waals surface area contributed by atoms with Crippen molar-refractivity contribution in [3.8, 4) is 0 Å². The third kappa shape index (κ3) is 3.32. The van der Waals surface area contributed by atoms with E-state index in [9.17, 15) is 9.59 Å². The van der Waals surface area contributed by atoms with Gasteiger partial charge in [0.1, 0.15) is 0 Å². The molecule has 4 N–H and O–H groups in total. The molecule has 0 aliphatic rings. The Morgan fingerprint density at radius 1 is 1.44 bits per heavy atom. The quantitative estimate of drug-likeness (QED) is 0.595. The lowest BCUT2D eigenvalue weighted by molar-refractivity contribution is -0.136. The fraction of sp³-hybridized carbons (Fsp3) is 0.300. The summed E-state index contributed by atoms with van der Waals surface area (Å²) in [5.41, 5.74) is 6.56. The predicted molar refractivity (Wildman–Crippen MR) is 59.7 cm³/mol. The number of aryl methyl sites for hydroxylation is 1. The van der Waals surface area contributed by atoms with Crippen LogP contribution in [0.3, 0.4) is 0 Å². The normalized spacial score (nSPS) is 9.62. The summed E-state index contributed by atoms with van der Waals surface area (Å²) in [5, 5.41) is 4.84. The number of nitrogens with one attached hydrogen (secondary N) is 2. The van der Waals surface area contributed by atoms with Crippen molar-refractivity contribution in [1.82, 2.24) is 10.3 Å². The molecule has 1 rings (SSSR count). The number of amides is 2. The van der Waals surface area contributed by atoms with Crippen LogP contribution in [0.4, 0.5) is 5.69 Å². The molecule has 0 saturated heterocycles. The zero-order valence-corrected chi connectivity index (χ0v) is 8.99. The Morgan fingerprint density at radius 2 is 2.19 bits per heavy atom. The Morgan fingerprint density at radius 3 is 2.81 bits per heavy atom. The monoisotopic (exact) mass is 222 g/mol. The molecular weight excluding hydrogens is 208 g/mol. The van der Waals surface area contributed by atoms with Gasteiger partial charge in [0.05, 0.1) is 11.9 Å². The molecule has 0 fully saturated rings. The molecule has 1 aromatic heterocycles. The lowest BCUT2D eigenvalue weighted by atomic mass is 10.2. The van der Waals surface area contributed by atoms with E-state index in [0.29, 0.717) is 12.2 Å². The largest absolute Gasteiger partial charge is 0.347 e. The molecule has 1 heterocycles. The van der Waals surface area contributed by atoms with Crippen LogP contribution in [0.25, 0.3) is 0 Å². The Labute approximate surface area is 93.2 Å². The summed E-state index contributed by atoms with van der Waals surface area (Å²) in [6, 6.07) is 1.74. The minimum absolute atomic E-state index is 0.276. The molecule has 0 saturated carbocycles. The van der Waals surface area contributed by atoms with Gasteiger partial charge >= 0.3 is 11.8 Å². The molecule has 86 valence electrons. The van der Waals surface area contributed by atoms with Crippen LogP contribution in [-0.4, -0.2) is 29.9 Å². The number of anilines is 1. The number of hydrogen-bond donors (Lipinski definition) is 3. The van der Waals surface area contributed by atoms with E-state index in [1.165, 1.54) is 6.20 Å². The third-order valence-corrected chi connectivity index (χ3v) is 1.92. The maximum atomic E-state index is 11.4. The van der Waals surface area contributed by atoms with Gasteiger partial charge in [-0.25, -0.2) is 0 Å². The van der Waals surface area contributed by atoms with Crippen molar-refractivity contribution in [3.05, 3.63) is 24.0 Å². The predicted octanol–water partition coefficient (Wildman–Crippen LogP) is -0.597. The highest BCUT2D eigenvalue weighted by molar-refractivity contribution is 6.39. The van der Waals surface area contributed by atoms with Gasteiger partial charge in [0.2, 0.25) is 0 Å². The summed E-state index contributed by atoms with van der Waals surface area (Å²) in [5.74, 6) is -1.42. The second kappa shape index (κ2) is 5.82. The van der Waals surface area contributed by atoms with Crippen molar-refractivity contribution in [2.24, 2.45) is 5.73 Å². The molecule has 0 radical (unpaired) electrons. The standard InChI is InChI=1S/C10H14N4O2/c1-7-2-4-12-6-8(7)14-10(16)9(15)13-5-3-11/h2,4,6H,3,5,11H2,1H3,(H,13,15)(H,14,16). The maximum absolute atomic E-state index is 11.4. The number of pyridine rings is 1.